The minimum absolute atomic E-state index is 0.115. The van der Waals surface area contributed by atoms with E-state index in [0.717, 1.165) is 23.4 Å². The Morgan fingerprint density at radius 3 is 2.88 bits per heavy atom. The first-order valence-electron chi connectivity index (χ1n) is 8.01. The number of nitrogens with two attached hydrogens (primary N) is 1. The summed E-state index contributed by atoms with van der Waals surface area (Å²) in [7, 11) is 0. The minimum atomic E-state index is -0.217. The van der Waals surface area contributed by atoms with Crippen LogP contribution in [0.5, 0.6) is 0 Å². The Labute approximate surface area is 139 Å². The van der Waals surface area contributed by atoms with E-state index in [9.17, 15) is 4.79 Å². The number of fused-ring (bicyclic) bond motifs is 2. The number of benzene rings is 1. The summed E-state index contributed by atoms with van der Waals surface area (Å²) in [4.78, 5) is 17.0. The zero-order chi connectivity index (χ0) is 16.8. The van der Waals surface area contributed by atoms with E-state index in [-0.39, 0.29) is 18.0 Å². The largest absolute Gasteiger partial charge is 0.346 e. The van der Waals surface area contributed by atoms with Crippen LogP contribution in [-0.2, 0) is 6.42 Å². The van der Waals surface area contributed by atoms with E-state index in [1.807, 2.05) is 38.1 Å². The number of nitrogens with zero attached hydrogens (tertiary/aromatic N) is 3. The molecule has 6 heteroatoms. The van der Waals surface area contributed by atoms with Crippen LogP contribution in [0.25, 0.3) is 5.65 Å². The van der Waals surface area contributed by atoms with Gasteiger partial charge < -0.3 is 11.1 Å². The predicted molar refractivity (Wildman–Crippen MR) is 90.8 cm³/mol. The summed E-state index contributed by atoms with van der Waals surface area (Å²) in [6, 6.07) is 11.4. The molecule has 1 aliphatic rings. The SMILES string of the molecule is Cc1cc(C)n2nc(C(=O)N[C@H]3Cc4ccccc4[C@@H]3N)cc2n1. The van der Waals surface area contributed by atoms with Gasteiger partial charge in [-0.25, -0.2) is 9.50 Å². The van der Waals surface area contributed by atoms with E-state index < -0.39 is 0 Å². The van der Waals surface area contributed by atoms with E-state index in [1.165, 1.54) is 5.56 Å². The lowest BCUT2D eigenvalue weighted by Gasteiger charge is -2.17. The van der Waals surface area contributed by atoms with E-state index in [2.05, 4.69) is 21.5 Å². The van der Waals surface area contributed by atoms with Crippen LogP contribution < -0.4 is 11.1 Å². The number of amides is 1. The van der Waals surface area contributed by atoms with Crippen LogP contribution in [0.15, 0.2) is 36.4 Å². The van der Waals surface area contributed by atoms with Gasteiger partial charge in [-0.3, -0.25) is 4.79 Å². The Kier molecular flexibility index (Phi) is 3.35. The molecule has 3 N–H and O–H groups in total. The van der Waals surface area contributed by atoms with Gasteiger partial charge in [0.1, 0.15) is 0 Å². The molecular formula is C18H19N5O. The first-order valence-corrected chi connectivity index (χ1v) is 8.01. The van der Waals surface area contributed by atoms with E-state index >= 15 is 0 Å². The molecule has 2 heterocycles. The molecule has 0 bridgehead atoms. The fourth-order valence-corrected chi connectivity index (χ4v) is 3.41. The molecule has 3 aromatic rings. The van der Waals surface area contributed by atoms with Gasteiger partial charge in [-0.1, -0.05) is 24.3 Å². The molecule has 6 nitrogen and oxygen atoms in total. The van der Waals surface area contributed by atoms with Gasteiger partial charge in [0, 0.05) is 17.5 Å². The Hall–Kier alpha value is -2.73. The lowest BCUT2D eigenvalue weighted by molar-refractivity contribution is 0.0928. The summed E-state index contributed by atoms with van der Waals surface area (Å²) in [5, 5.41) is 7.39. The van der Waals surface area contributed by atoms with Crippen LogP contribution in [0.2, 0.25) is 0 Å². The van der Waals surface area contributed by atoms with Crippen molar-refractivity contribution in [2.45, 2.75) is 32.4 Å². The summed E-state index contributed by atoms with van der Waals surface area (Å²) >= 11 is 0. The number of rotatable bonds is 2. The maximum absolute atomic E-state index is 12.6. The molecule has 1 amide bonds. The molecule has 0 fully saturated rings. The number of carbonyl (C=O) groups excluding carboxylic acids is 1. The molecule has 0 unspecified atom stereocenters. The second-order valence-electron chi connectivity index (χ2n) is 6.35. The van der Waals surface area contributed by atoms with Crippen LogP contribution >= 0.6 is 0 Å². The van der Waals surface area contributed by atoms with Gasteiger partial charge in [0.15, 0.2) is 11.3 Å². The second-order valence-corrected chi connectivity index (χ2v) is 6.35. The van der Waals surface area contributed by atoms with Crippen molar-refractivity contribution in [1.29, 1.82) is 0 Å². The number of nitrogens with one attached hydrogen (secondary N) is 1. The van der Waals surface area contributed by atoms with Crippen molar-refractivity contribution < 1.29 is 4.79 Å². The third kappa shape index (κ3) is 2.35. The average Bonchev–Trinajstić information content (AvgIpc) is 3.10. The molecule has 1 aromatic carbocycles. The molecule has 2 aromatic heterocycles. The molecule has 122 valence electrons. The summed E-state index contributed by atoms with van der Waals surface area (Å²) in [6.07, 6.45) is 0.743. The predicted octanol–water partition coefficient (Wildman–Crippen LogP) is 1.70. The zero-order valence-electron chi connectivity index (χ0n) is 13.7. The van der Waals surface area contributed by atoms with Crippen molar-refractivity contribution in [2.24, 2.45) is 5.73 Å². The quantitative estimate of drug-likeness (QED) is 0.752. The maximum atomic E-state index is 12.6. The maximum Gasteiger partial charge on any atom is 0.272 e. The molecule has 0 radical (unpaired) electrons. The molecular weight excluding hydrogens is 302 g/mol. The van der Waals surface area contributed by atoms with Gasteiger partial charge in [-0.05, 0) is 37.5 Å². The topological polar surface area (TPSA) is 85.3 Å². The van der Waals surface area contributed by atoms with Crippen LogP contribution in [0.3, 0.4) is 0 Å². The highest BCUT2D eigenvalue weighted by Gasteiger charge is 2.31. The Morgan fingerprint density at radius 1 is 1.29 bits per heavy atom. The minimum Gasteiger partial charge on any atom is -0.346 e. The van der Waals surface area contributed by atoms with Crippen LogP contribution in [0.4, 0.5) is 0 Å². The zero-order valence-corrected chi connectivity index (χ0v) is 13.7. The molecule has 24 heavy (non-hydrogen) atoms. The second kappa shape index (κ2) is 5.42. The summed E-state index contributed by atoms with van der Waals surface area (Å²) in [6.45, 7) is 3.87. The normalized spacial score (nSPS) is 19.5. The van der Waals surface area contributed by atoms with Gasteiger partial charge >= 0.3 is 0 Å². The molecule has 1 aliphatic carbocycles. The van der Waals surface area contributed by atoms with Crippen molar-refractivity contribution in [2.75, 3.05) is 0 Å². The van der Waals surface area contributed by atoms with Gasteiger partial charge in [0.05, 0.1) is 12.1 Å². The number of aromatic nitrogens is 3. The van der Waals surface area contributed by atoms with Gasteiger partial charge in [-0.2, -0.15) is 5.10 Å². The van der Waals surface area contributed by atoms with E-state index in [0.29, 0.717) is 11.3 Å². The van der Waals surface area contributed by atoms with Gasteiger partial charge in [0.2, 0.25) is 0 Å². The molecule has 0 spiro atoms. The first-order chi connectivity index (χ1) is 11.5. The summed E-state index contributed by atoms with van der Waals surface area (Å²) < 4.78 is 1.69. The molecule has 4 rings (SSSR count). The molecule has 0 aliphatic heterocycles. The molecule has 2 atom stereocenters. The number of hydrogen-bond donors (Lipinski definition) is 2. The van der Waals surface area contributed by atoms with Gasteiger partial charge in [0.25, 0.3) is 5.91 Å². The number of hydrogen-bond acceptors (Lipinski definition) is 4. The van der Waals surface area contributed by atoms with Crippen molar-refractivity contribution in [1.82, 2.24) is 19.9 Å². The van der Waals surface area contributed by atoms with Crippen LogP contribution in [-0.4, -0.2) is 26.5 Å². The number of aryl methyl sites for hydroxylation is 2. The fraction of sp³-hybridized carbons (Fsp3) is 0.278. The van der Waals surface area contributed by atoms with Crippen LogP contribution in [0.1, 0.15) is 39.0 Å². The number of carbonyl (C=O) groups is 1. The Bertz CT molecular complexity index is 946. The lowest BCUT2D eigenvalue weighted by Crippen LogP contribution is -2.40. The highest BCUT2D eigenvalue weighted by Crippen LogP contribution is 2.29. The standard InChI is InChI=1S/C18H19N5O/c1-10-7-11(2)23-16(20-10)9-15(22-23)18(24)21-14-8-12-5-3-4-6-13(12)17(14)19/h3-7,9,14,17H,8,19H2,1-2H3,(H,21,24)/t14-,17-/m0/s1. The monoisotopic (exact) mass is 321 g/mol. The molecule has 0 saturated carbocycles. The summed E-state index contributed by atoms with van der Waals surface area (Å²) in [5.74, 6) is -0.217. The van der Waals surface area contributed by atoms with Gasteiger partial charge in [-0.15, -0.1) is 0 Å². The Balaban J connectivity index is 1.58. The first kappa shape index (κ1) is 14.8. The summed E-state index contributed by atoms with van der Waals surface area (Å²) in [5.41, 5.74) is 11.5. The highest BCUT2D eigenvalue weighted by atomic mass is 16.2. The van der Waals surface area contributed by atoms with Crippen molar-refractivity contribution >= 4 is 11.6 Å². The van der Waals surface area contributed by atoms with Crippen molar-refractivity contribution in [3.63, 3.8) is 0 Å². The molecule has 0 saturated heterocycles. The average molecular weight is 321 g/mol. The van der Waals surface area contributed by atoms with Crippen molar-refractivity contribution in [3.8, 4) is 0 Å². The highest BCUT2D eigenvalue weighted by molar-refractivity contribution is 5.93. The van der Waals surface area contributed by atoms with Crippen molar-refractivity contribution in [3.05, 3.63) is 64.6 Å². The third-order valence-electron chi connectivity index (χ3n) is 4.57. The van der Waals surface area contributed by atoms with E-state index in [4.69, 9.17) is 5.73 Å². The van der Waals surface area contributed by atoms with E-state index in [1.54, 1.807) is 10.6 Å². The third-order valence-corrected chi connectivity index (χ3v) is 4.57. The van der Waals surface area contributed by atoms with Crippen LogP contribution in [0, 0.1) is 13.8 Å². The smallest absolute Gasteiger partial charge is 0.272 e. The fourth-order valence-electron chi connectivity index (χ4n) is 3.41. The lowest BCUT2D eigenvalue weighted by atomic mass is 10.1. The Morgan fingerprint density at radius 2 is 2.08 bits per heavy atom.